The average Bonchev–Trinajstić information content (AvgIpc) is 3.38. The molecule has 0 aromatic rings. The fourth-order valence-corrected chi connectivity index (χ4v) is 7.58. The summed E-state index contributed by atoms with van der Waals surface area (Å²) >= 11 is 0. The highest BCUT2D eigenvalue weighted by Crippen LogP contribution is 2.15. The van der Waals surface area contributed by atoms with E-state index in [1.165, 1.54) is 77.0 Å². The van der Waals surface area contributed by atoms with Gasteiger partial charge in [0.2, 0.25) is 0 Å². The maximum Gasteiger partial charge on any atom is 0.306 e. The van der Waals surface area contributed by atoms with Crippen molar-refractivity contribution in [3.63, 3.8) is 0 Å². The molecule has 0 rings (SSSR count). The van der Waals surface area contributed by atoms with Crippen LogP contribution in [0.3, 0.4) is 0 Å². The normalized spacial score (nSPS) is 13.1. The van der Waals surface area contributed by atoms with Gasteiger partial charge in [0, 0.05) is 19.3 Å². The Morgan fingerprint density at radius 2 is 0.569 bits per heavy atom. The maximum atomic E-state index is 12.8. The fourth-order valence-electron chi connectivity index (χ4n) is 7.58. The molecule has 72 heavy (non-hydrogen) atoms. The second kappa shape index (κ2) is 59.1. The largest absolute Gasteiger partial charge is 0.462 e. The first kappa shape index (κ1) is 67.5. The Morgan fingerprint density at radius 3 is 0.917 bits per heavy atom. The lowest BCUT2D eigenvalue weighted by molar-refractivity contribution is -0.166. The van der Waals surface area contributed by atoms with Gasteiger partial charge >= 0.3 is 17.9 Å². The molecule has 0 fully saturated rings. The number of carbonyl (C=O) groups is 3. The standard InChI is InChI=1S/C66H106O6/c1-4-7-10-13-16-19-22-24-26-28-30-31-32-33-34-35-37-38-40-42-44-47-50-53-56-59-65(68)71-62-63(61-70-64(67)58-55-52-49-46-21-18-15-12-9-6-3)72-66(69)60-57-54-51-48-45-43-41-39-36-29-27-25-23-20-17-14-11-8-5-2/h7-8,10-12,15-17,19-20,24-27,30-31,36,39,43,45,51,54,63H,4-6,9,13-14,18,21-23,28-29,32-35,37-38,40-42,44,46-50,52-53,55-62H2,1-3H3/b10-7-,11-8-,15-12-,19-16-,20-17-,26-24-,27-25-,31-30-,39-36-,45-43-,54-51-. The topological polar surface area (TPSA) is 78.9 Å². The monoisotopic (exact) mass is 995 g/mol. The van der Waals surface area contributed by atoms with E-state index in [1.54, 1.807) is 0 Å². The quantitative estimate of drug-likeness (QED) is 0.0261. The highest BCUT2D eigenvalue weighted by atomic mass is 16.6. The van der Waals surface area contributed by atoms with E-state index in [0.29, 0.717) is 19.3 Å². The van der Waals surface area contributed by atoms with Crippen molar-refractivity contribution in [3.05, 3.63) is 134 Å². The van der Waals surface area contributed by atoms with Crippen molar-refractivity contribution in [2.75, 3.05) is 13.2 Å². The number of ether oxygens (including phenoxy) is 3. The predicted molar refractivity (Wildman–Crippen MR) is 311 cm³/mol. The second-order valence-electron chi connectivity index (χ2n) is 18.8. The van der Waals surface area contributed by atoms with Gasteiger partial charge in [-0.15, -0.1) is 0 Å². The molecule has 6 heteroatoms. The Labute approximate surface area is 443 Å². The van der Waals surface area contributed by atoms with Gasteiger partial charge in [-0.25, -0.2) is 0 Å². The van der Waals surface area contributed by atoms with Crippen LogP contribution < -0.4 is 0 Å². The number of unbranched alkanes of at least 4 members (excludes halogenated alkanes) is 18. The molecule has 0 radical (unpaired) electrons. The van der Waals surface area contributed by atoms with Gasteiger partial charge < -0.3 is 14.2 Å². The minimum absolute atomic E-state index is 0.115. The zero-order valence-corrected chi connectivity index (χ0v) is 46.4. The Morgan fingerprint density at radius 1 is 0.292 bits per heavy atom. The van der Waals surface area contributed by atoms with Crippen LogP contribution in [-0.2, 0) is 28.6 Å². The summed E-state index contributed by atoms with van der Waals surface area (Å²) in [6.07, 6.45) is 83.3. The second-order valence-corrected chi connectivity index (χ2v) is 18.8. The molecular formula is C66H106O6. The third-order valence-electron chi connectivity index (χ3n) is 11.9. The molecule has 0 aliphatic rings. The number of carbonyl (C=O) groups excluding carboxylic acids is 3. The molecule has 0 saturated heterocycles. The average molecular weight is 996 g/mol. The Bertz CT molecular complexity index is 1560. The molecule has 0 spiro atoms. The molecule has 0 aromatic heterocycles. The van der Waals surface area contributed by atoms with Crippen LogP contribution >= 0.6 is 0 Å². The Balaban J connectivity index is 4.38. The molecule has 6 nitrogen and oxygen atoms in total. The van der Waals surface area contributed by atoms with Gasteiger partial charge in [0.05, 0.1) is 0 Å². The molecule has 406 valence electrons. The van der Waals surface area contributed by atoms with Crippen LogP contribution in [0, 0.1) is 0 Å². The van der Waals surface area contributed by atoms with Crippen molar-refractivity contribution in [2.24, 2.45) is 0 Å². The lowest BCUT2D eigenvalue weighted by atomic mass is 10.0. The summed E-state index contributed by atoms with van der Waals surface area (Å²) in [5.41, 5.74) is 0. The number of rotatable bonds is 51. The van der Waals surface area contributed by atoms with Crippen LogP contribution in [0.2, 0.25) is 0 Å². The zero-order chi connectivity index (χ0) is 52.2. The van der Waals surface area contributed by atoms with Crippen molar-refractivity contribution in [1.29, 1.82) is 0 Å². The van der Waals surface area contributed by atoms with Crippen molar-refractivity contribution in [3.8, 4) is 0 Å². The highest BCUT2D eigenvalue weighted by molar-refractivity contribution is 5.71. The third-order valence-corrected chi connectivity index (χ3v) is 11.9. The van der Waals surface area contributed by atoms with Gasteiger partial charge in [0.15, 0.2) is 6.10 Å². The number of esters is 3. The molecule has 1 atom stereocenters. The lowest BCUT2D eigenvalue weighted by Gasteiger charge is -2.18. The summed E-state index contributed by atoms with van der Waals surface area (Å²) in [6, 6.07) is 0. The molecule has 0 bridgehead atoms. The number of hydrogen-bond acceptors (Lipinski definition) is 6. The van der Waals surface area contributed by atoms with Crippen LogP contribution in [0.5, 0.6) is 0 Å². The molecule has 0 N–H and O–H groups in total. The maximum absolute atomic E-state index is 12.8. The predicted octanol–water partition coefficient (Wildman–Crippen LogP) is 19.8. The highest BCUT2D eigenvalue weighted by Gasteiger charge is 2.19. The molecule has 0 amide bonds. The van der Waals surface area contributed by atoms with Crippen LogP contribution in [0.15, 0.2) is 134 Å². The third kappa shape index (κ3) is 56.5. The van der Waals surface area contributed by atoms with E-state index >= 15 is 0 Å². The van der Waals surface area contributed by atoms with E-state index in [0.717, 1.165) is 122 Å². The molecule has 0 aliphatic carbocycles. The van der Waals surface area contributed by atoms with Crippen molar-refractivity contribution < 1.29 is 28.6 Å². The number of allylic oxidation sites excluding steroid dienone is 22. The van der Waals surface area contributed by atoms with Gasteiger partial charge in [0.25, 0.3) is 0 Å². The molecule has 0 saturated carbocycles. The summed E-state index contributed by atoms with van der Waals surface area (Å²) < 4.78 is 16.8. The van der Waals surface area contributed by atoms with Crippen LogP contribution in [-0.4, -0.2) is 37.2 Å². The minimum atomic E-state index is -0.826. The Kier molecular flexibility index (Phi) is 55.5. The molecule has 1 unspecified atom stereocenters. The van der Waals surface area contributed by atoms with Crippen molar-refractivity contribution in [1.82, 2.24) is 0 Å². The first-order valence-electron chi connectivity index (χ1n) is 29.2. The zero-order valence-electron chi connectivity index (χ0n) is 46.4. The molecule has 0 aromatic carbocycles. The van der Waals surface area contributed by atoms with Crippen molar-refractivity contribution >= 4 is 17.9 Å². The van der Waals surface area contributed by atoms with Crippen LogP contribution in [0.25, 0.3) is 0 Å². The molecule has 0 heterocycles. The summed E-state index contributed by atoms with van der Waals surface area (Å²) in [5.74, 6) is -1.02. The van der Waals surface area contributed by atoms with Crippen LogP contribution in [0.4, 0.5) is 0 Å². The van der Waals surface area contributed by atoms with Gasteiger partial charge in [-0.1, -0.05) is 244 Å². The Hall–Kier alpha value is -4.45. The summed E-state index contributed by atoms with van der Waals surface area (Å²) in [4.78, 5) is 38.1. The van der Waals surface area contributed by atoms with Gasteiger partial charge in [-0.3, -0.25) is 14.4 Å². The summed E-state index contributed by atoms with van der Waals surface area (Å²) in [6.45, 7) is 6.27. The van der Waals surface area contributed by atoms with Crippen LogP contribution in [0.1, 0.15) is 245 Å². The van der Waals surface area contributed by atoms with Gasteiger partial charge in [-0.2, -0.15) is 0 Å². The van der Waals surface area contributed by atoms with E-state index in [4.69, 9.17) is 14.2 Å². The van der Waals surface area contributed by atoms with E-state index in [9.17, 15) is 14.4 Å². The smallest absolute Gasteiger partial charge is 0.306 e. The SMILES string of the molecule is CC/C=C\C/C=C\C/C=C\C/C=C\C/C=C\C/C=C\CCC(=O)OC(COC(=O)CCCCCCC/C=C\CCC)COC(=O)CCCCCCCCCCCCCC/C=C\C/C=C\C/C=C\C/C=C\CC. The lowest BCUT2D eigenvalue weighted by Crippen LogP contribution is -2.30. The fraction of sp³-hybridized carbons (Fsp3) is 0.621. The first-order valence-corrected chi connectivity index (χ1v) is 29.2. The van der Waals surface area contributed by atoms with E-state index < -0.39 is 12.1 Å². The van der Waals surface area contributed by atoms with Crippen molar-refractivity contribution in [2.45, 2.75) is 252 Å². The van der Waals surface area contributed by atoms with E-state index in [1.807, 2.05) is 12.2 Å². The first-order chi connectivity index (χ1) is 35.5. The molecular weight excluding hydrogens is 889 g/mol. The summed E-state index contributed by atoms with van der Waals surface area (Å²) in [7, 11) is 0. The van der Waals surface area contributed by atoms with Gasteiger partial charge in [0.1, 0.15) is 13.2 Å². The summed E-state index contributed by atoms with van der Waals surface area (Å²) in [5, 5.41) is 0. The van der Waals surface area contributed by atoms with Gasteiger partial charge in [-0.05, 0) is 116 Å². The molecule has 0 aliphatic heterocycles. The van der Waals surface area contributed by atoms with E-state index in [-0.39, 0.29) is 31.6 Å². The van der Waals surface area contributed by atoms with E-state index in [2.05, 4.69) is 142 Å². The minimum Gasteiger partial charge on any atom is -0.462 e. The number of hydrogen-bond donors (Lipinski definition) is 0.